The molecule has 2 heterocycles. The molecule has 19 heavy (non-hydrogen) atoms. The molecule has 106 valence electrons. The van der Waals surface area contributed by atoms with Gasteiger partial charge in [-0.05, 0) is 39.3 Å². The standard InChI is InChI=1S/C14H22N2O3/c1-13(2,3)19-12(17)16-7-6-14(9-15,10-16)11-5-4-8-18-11/h4-5,8H,6-7,9-10,15H2,1-3H3. The molecule has 0 saturated carbocycles. The highest BCUT2D eigenvalue weighted by Crippen LogP contribution is 2.34. The van der Waals surface area contributed by atoms with E-state index in [1.54, 1.807) is 11.2 Å². The van der Waals surface area contributed by atoms with Crippen LogP contribution in [-0.4, -0.2) is 36.2 Å². The highest BCUT2D eigenvalue weighted by atomic mass is 16.6. The molecule has 1 aromatic rings. The summed E-state index contributed by atoms with van der Waals surface area (Å²) < 4.78 is 10.9. The first kappa shape index (κ1) is 13.9. The van der Waals surface area contributed by atoms with Crippen molar-refractivity contribution in [1.29, 1.82) is 0 Å². The molecule has 1 saturated heterocycles. The quantitative estimate of drug-likeness (QED) is 0.890. The van der Waals surface area contributed by atoms with E-state index in [-0.39, 0.29) is 11.5 Å². The van der Waals surface area contributed by atoms with E-state index in [1.165, 1.54) is 0 Å². The van der Waals surface area contributed by atoms with Crippen molar-refractivity contribution in [3.8, 4) is 0 Å². The maximum Gasteiger partial charge on any atom is 0.410 e. The Morgan fingerprint density at radius 3 is 2.84 bits per heavy atom. The van der Waals surface area contributed by atoms with E-state index in [4.69, 9.17) is 14.9 Å². The van der Waals surface area contributed by atoms with Gasteiger partial charge in [-0.2, -0.15) is 0 Å². The molecule has 1 amide bonds. The molecule has 1 aliphatic rings. The van der Waals surface area contributed by atoms with Gasteiger partial charge >= 0.3 is 6.09 Å². The monoisotopic (exact) mass is 266 g/mol. The summed E-state index contributed by atoms with van der Waals surface area (Å²) in [6.07, 6.45) is 2.16. The Labute approximate surface area is 113 Å². The maximum absolute atomic E-state index is 12.1. The predicted octanol–water partition coefficient (Wildman–Crippen LogP) is 2.12. The molecule has 0 spiro atoms. The molecule has 2 N–H and O–H groups in total. The highest BCUT2D eigenvalue weighted by Gasteiger charge is 2.43. The van der Waals surface area contributed by atoms with Gasteiger partial charge in [-0.1, -0.05) is 0 Å². The lowest BCUT2D eigenvalue weighted by atomic mass is 9.84. The third kappa shape index (κ3) is 2.92. The van der Waals surface area contributed by atoms with Gasteiger partial charge in [0.1, 0.15) is 11.4 Å². The third-order valence-corrected chi connectivity index (χ3v) is 3.44. The molecule has 1 aromatic heterocycles. The average Bonchev–Trinajstić information content (AvgIpc) is 2.97. The van der Waals surface area contributed by atoms with E-state index in [1.807, 2.05) is 32.9 Å². The van der Waals surface area contributed by atoms with Crippen molar-refractivity contribution in [2.75, 3.05) is 19.6 Å². The van der Waals surface area contributed by atoms with Gasteiger partial charge in [0, 0.05) is 19.6 Å². The second-order valence-corrected chi connectivity index (χ2v) is 6.11. The molecule has 0 aromatic carbocycles. The zero-order valence-corrected chi connectivity index (χ0v) is 11.8. The number of nitrogens with zero attached hydrogens (tertiary/aromatic N) is 1. The fraction of sp³-hybridized carbons (Fsp3) is 0.643. The Morgan fingerprint density at radius 1 is 1.58 bits per heavy atom. The minimum atomic E-state index is -0.476. The number of hydrogen-bond donors (Lipinski definition) is 1. The van der Waals surface area contributed by atoms with Gasteiger partial charge in [0.15, 0.2) is 0 Å². The van der Waals surface area contributed by atoms with E-state index in [2.05, 4.69) is 0 Å². The maximum atomic E-state index is 12.1. The molecular formula is C14H22N2O3. The summed E-state index contributed by atoms with van der Waals surface area (Å²) in [6.45, 7) is 7.25. The first-order chi connectivity index (χ1) is 8.86. The van der Waals surface area contributed by atoms with E-state index in [0.717, 1.165) is 12.2 Å². The number of amides is 1. The number of ether oxygens (including phenoxy) is 1. The molecular weight excluding hydrogens is 244 g/mol. The molecule has 5 nitrogen and oxygen atoms in total. The summed E-state index contributed by atoms with van der Waals surface area (Å²) in [4.78, 5) is 13.8. The lowest BCUT2D eigenvalue weighted by molar-refractivity contribution is 0.0283. The summed E-state index contributed by atoms with van der Waals surface area (Å²) in [7, 11) is 0. The second kappa shape index (κ2) is 4.89. The van der Waals surface area contributed by atoms with Crippen LogP contribution in [0.1, 0.15) is 33.0 Å². The topological polar surface area (TPSA) is 68.7 Å². The van der Waals surface area contributed by atoms with Crippen LogP contribution in [0, 0.1) is 0 Å². The van der Waals surface area contributed by atoms with E-state index >= 15 is 0 Å². The zero-order valence-electron chi connectivity index (χ0n) is 11.8. The van der Waals surface area contributed by atoms with Crippen LogP contribution in [0.3, 0.4) is 0 Å². The van der Waals surface area contributed by atoms with Gasteiger partial charge in [-0.25, -0.2) is 4.79 Å². The van der Waals surface area contributed by atoms with Gasteiger partial charge in [-0.3, -0.25) is 0 Å². The molecule has 1 atom stereocenters. The van der Waals surface area contributed by atoms with Crippen LogP contribution in [-0.2, 0) is 10.2 Å². The summed E-state index contributed by atoms with van der Waals surface area (Å²) in [5, 5.41) is 0. The van der Waals surface area contributed by atoms with Gasteiger partial charge in [0.2, 0.25) is 0 Å². The largest absolute Gasteiger partial charge is 0.469 e. The molecule has 1 fully saturated rings. The van der Waals surface area contributed by atoms with Crippen LogP contribution in [0.25, 0.3) is 0 Å². The van der Waals surface area contributed by atoms with Gasteiger partial charge in [0.05, 0.1) is 11.7 Å². The summed E-state index contributed by atoms with van der Waals surface area (Å²) in [6, 6.07) is 3.77. The Hall–Kier alpha value is -1.49. The lowest BCUT2D eigenvalue weighted by Gasteiger charge is -2.27. The predicted molar refractivity (Wildman–Crippen MR) is 71.9 cm³/mol. The first-order valence-corrected chi connectivity index (χ1v) is 6.58. The van der Waals surface area contributed by atoms with Crippen LogP contribution in [0.5, 0.6) is 0 Å². The molecule has 1 unspecified atom stereocenters. The first-order valence-electron chi connectivity index (χ1n) is 6.58. The molecule has 1 aliphatic heterocycles. The Bertz CT molecular complexity index is 436. The van der Waals surface area contributed by atoms with Crippen LogP contribution < -0.4 is 5.73 Å². The molecule has 0 bridgehead atoms. The van der Waals surface area contributed by atoms with Crippen molar-refractivity contribution in [2.45, 2.75) is 38.2 Å². The van der Waals surface area contributed by atoms with Gasteiger partial charge in [0.25, 0.3) is 0 Å². The summed E-state index contributed by atoms with van der Waals surface area (Å²) in [5.74, 6) is 0.848. The number of likely N-dealkylation sites (tertiary alicyclic amines) is 1. The fourth-order valence-corrected chi connectivity index (χ4v) is 2.40. The number of carbonyl (C=O) groups excluding carboxylic acids is 1. The highest BCUT2D eigenvalue weighted by molar-refractivity contribution is 5.69. The Kier molecular flexibility index (Phi) is 3.58. The molecule has 5 heteroatoms. The van der Waals surface area contributed by atoms with Crippen molar-refractivity contribution in [1.82, 2.24) is 4.90 Å². The normalized spacial score (nSPS) is 23.7. The summed E-state index contributed by atoms with van der Waals surface area (Å²) >= 11 is 0. The van der Waals surface area contributed by atoms with Crippen LogP contribution >= 0.6 is 0 Å². The van der Waals surface area contributed by atoms with Crippen molar-refractivity contribution in [3.05, 3.63) is 24.2 Å². The fourth-order valence-electron chi connectivity index (χ4n) is 2.40. The van der Waals surface area contributed by atoms with Crippen LogP contribution in [0.4, 0.5) is 4.79 Å². The number of carbonyl (C=O) groups is 1. The van der Waals surface area contributed by atoms with Crippen molar-refractivity contribution < 1.29 is 13.9 Å². The Morgan fingerprint density at radius 2 is 2.32 bits per heavy atom. The number of nitrogens with two attached hydrogens (primary N) is 1. The summed E-state index contributed by atoms with van der Waals surface area (Å²) in [5.41, 5.74) is 5.16. The van der Waals surface area contributed by atoms with Crippen LogP contribution in [0.15, 0.2) is 22.8 Å². The number of rotatable bonds is 2. The van der Waals surface area contributed by atoms with Crippen molar-refractivity contribution in [3.63, 3.8) is 0 Å². The zero-order chi connectivity index (χ0) is 14.1. The van der Waals surface area contributed by atoms with Gasteiger partial charge in [-0.15, -0.1) is 0 Å². The van der Waals surface area contributed by atoms with E-state index in [0.29, 0.717) is 19.6 Å². The molecule has 0 aliphatic carbocycles. The minimum Gasteiger partial charge on any atom is -0.469 e. The van der Waals surface area contributed by atoms with E-state index in [9.17, 15) is 4.79 Å². The minimum absolute atomic E-state index is 0.277. The van der Waals surface area contributed by atoms with Crippen molar-refractivity contribution in [2.24, 2.45) is 5.73 Å². The van der Waals surface area contributed by atoms with E-state index < -0.39 is 5.60 Å². The molecule has 2 rings (SSSR count). The smallest absolute Gasteiger partial charge is 0.410 e. The lowest BCUT2D eigenvalue weighted by Crippen LogP contribution is -2.41. The third-order valence-electron chi connectivity index (χ3n) is 3.44. The Balaban J connectivity index is 2.08. The molecule has 0 radical (unpaired) electrons. The van der Waals surface area contributed by atoms with Gasteiger partial charge < -0.3 is 19.8 Å². The number of hydrogen-bond acceptors (Lipinski definition) is 4. The van der Waals surface area contributed by atoms with Crippen molar-refractivity contribution >= 4 is 6.09 Å². The SMILES string of the molecule is CC(C)(C)OC(=O)N1CCC(CN)(c2ccco2)C1. The number of furan rings is 1. The second-order valence-electron chi connectivity index (χ2n) is 6.11. The average molecular weight is 266 g/mol. The van der Waals surface area contributed by atoms with Crippen LogP contribution in [0.2, 0.25) is 0 Å².